The second kappa shape index (κ2) is 9.54. The van der Waals surface area contributed by atoms with E-state index < -0.39 is 44.4 Å². The molecule has 1 aromatic carbocycles. The Morgan fingerprint density at radius 2 is 2.09 bits per heavy atom. The summed E-state index contributed by atoms with van der Waals surface area (Å²) in [5.41, 5.74) is 6.23. The summed E-state index contributed by atoms with van der Waals surface area (Å²) in [6.07, 6.45) is -1.82. The van der Waals surface area contributed by atoms with Crippen LogP contribution in [0.25, 0.3) is 0 Å². The summed E-state index contributed by atoms with van der Waals surface area (Å²) in [7, 11) is -3.95. The molecule has 0 saturated carbocycles. The number of aliphatic hydroxyl groups excluding tert-OH is 2. The average Bonchev–Trinajstić information content (AvgIpc) is 3.06. The number of carbonyl (C=O) groups excluding carboxylic acids is 1. The van der Waals surface area contributed by atoms with Crippen molar-refractivity contribution in [1.29, 1.82) is 0 Å². The topological polar surface area (TPSA) is 141 Å². The van der Waals surface area contributed by atoms with Gasteiger partial charge in [0.15, 0.2) is 18.5 Å². The van der Waals surface area contributed by atoms with E-state index in [1.165, 1.54) is 16.8 Å². The Balaban J connectivity index is 1.41. The van der Waals surface area contributed by atoms with Gasteiger partial charge in [-0.25, -0.2) is 4.57 Å². The smallest absolute Gasteiger partial charge is 0.387 e. The van der Waals surface area contributed by atoms with E-state index in [-0.39, 0.29) is 18.8 Å². The number of aliphatic hydroxyl groups is 2. The monoisotopic (exact) mass is 485 g/mol. The van der Waals surface area contributed by atoms with Crippen LogP contribution >= 0.6 is 19.4 Å². The molecule has 4 N–H and O–H groups in total. The van der Waals surface area contributed by atoms with Gasteiger partial charge in [-0.05, 0) is 23.8 Å². The fraction of sp³-hybridized carbons (Fsp3) is 0.400. The van der Waals surface area contributed by atoms with Crippen LogP contribution in [-0.4, -0.2) is 47.6 Å². The molecule has 0 bridgehead atoms. The van der Waals surface area contributed by atoms with Gasteiger partial charge in [0.05, 0.1) is 19.3 Å². The molecule has 0 spiro atoms. The van der Waals surface area contributed by atoms with Crippen LogP contribution in [0.3, 0.4) is 0 Å². The summed E-state index contributed by atoms with van der Waals surface area (Å²) < 4.78 is 36.3. The largest absolute Gasteiger partial charge is 0.475 e. The molecule has 4 rings (SSSR count). The fourth-order valence-electron chi connectivity index (χ4n) is 3.59. The number of hydrogen-bond acceptors (Lipinski definition) is 8. The molecule has 2 aliphatic rings. The van der Waals surface area contributed by atoms with E-state index in [4.69, 9.17) is 35.6 Å². The van der Waals surface area contributed by atoms with E-state index in [9.17, 15) is 19.6 Å². The summed E-state index contributed by atoms with van der Waals surface area (Å²) in [5.74, 6) is -0.647. The Morgan fingerprint density at radius 3 is 2.84 bits per heavy atom. The maximum absolute atomic E-state index is 13.0. The van der Waals surface area contributed by atoms with Crippen LogP contribution in [0, 0.1) is 0 Å². The van der Waals surface area contributed by atoms with E-state index in [0.29, 0.717) is 11.4 Å². The van der Waals surface area contributed by atoms with Gasteiger partial charge in [-0.1, -0.05) is 23.7 Å². The van der Waals surface area contributed by atoms with Gasteiger partial charge in [-0.15, -0.1) is 0 Å². The molecule has 0 radical (unpaired) electrons. The van der Waals surface area contributed by atoms with Crippen LogP contribution in [0.1, 0.15) is 34.7 Å². The fourth-order valence-corrected chi connectivity index (χ4v) is 5.18. The van der Waals surface area contributed by atoms with Crippen molar-refractivity contribution in [3.8, 4) is 0 Å². The van der Waals surface area contributed by atoms with Crippen molar-refractivity contribution in [2.75, 3.05) is 13.2 Å². The number of nitrogens with two attached hydrogens (primary N) is 1. The van der Waals surface area contributed by atoms with Crippen LogP contribution in [0.15, 0.2) is 48.8 Å². The molecular formula is C20H23ClN2O8P+. The van der Waals surface area contributed by atoms with Gasteiger partial charge in [0.1, 0.15) is 17.8 Å². The number of amides is 1. The second-order valence-electron chi connectivity index (χ2n) is 7.46. The minimum Gasteiger partial charge on any atom is -0.387 e. The van der Waals surface area contributed by atoms with Crippen molar-refractivity contribution in [1.82, 2.24) is 0 Å². The predicted octanol–water partition coefficient (Wildman–Crippen LogP) is 1.65. The SMILES string of the molecule is NC(=O)c1ccc[n+]([C@@H]2O[C@H](COP3(=O)OCC[C@@H](c4cccc(Cl)c4)O3)[C@H](O)C2O)c1. The van der Waals surface area contributed by atoms with Crippen molar-refractivity contribution in [2.45, 2.75) is 37.1 Å². The maximum Gasteiger partial charge on any atom is 0.475 e. The number of primary amides is 1. The van der Waals surface area contributed by atoms with Crippen LogP contribution in [0.2, 0.25) is 5.02 Å². The third-order valence-corrected chi connectivity index (χ3v) is 6.95. The number of nitrogens with zero attached hydrogens (tertiary/aromatic N) is 1. The first kappa shape index (κ1) is 23.3. The molecule has 1 aromatic heterocycles. The van der Waals surface area contributed by atoms with E-state index in [0.717, 1.165) is 5.56 Å². The van der Waals surface area contributed by atoms with Crippen molar-refractivity contribution in [2.24, 2.45) is 5.73 Å². The third kappa shape index (κ3) is 5.03. The van der Waals surface area contributed by atoms with Gasteiger partial charge >= 0.3 is 7.82 Å². The number of phosphoric ester groups is 1. The number of rotatable bonds is 6. The van der Waals surface area contributed by atoms with Gasteiger partial charge < -0.3 is 20.7 Å². The molecule has 2 unspecified atom stereocenters. The van der Waals surface area contributed by atoms with E-state index in [1.807, 2.05) is 0 Å². The quantitative estimate of drug-likeness (QED) is 0.414. The molecule has 3 heterocycles. The molecule has 2 aliphatic heterocycles. The molecular weight excluding hydrogens is 463 g/mol. The highest BCUT2D eigenvalue weighted by Gasteiger charge is 2.49. The predicted molar refractivity (Wildman–Crippen MR) is 110 cm³/mol. The Bertz CT molecular complexity index is 1040. The summed E-state index contributed by atoms with van der Waals surface area (Å²) >= 11 is 6.02. The Labute approximate surface area is 189 Å². The number of carbonyl (C=O) groups is 1. The molecule has 2 fully saturated rings. The molecule has 2 aromatic rings. The molecule has 12 heteroatoms. The lowest BCUT2D eigenvalue weighted by Gasteiger charge is -2.29. The second-order valence-corrected chi connectivity index (χ2v) is 9.52. The zero-order valence-electron chi connectivity index (χ0n) is 16.8. The lowest BCUT2D eigenvalue weighted by molar-refractivity contribution is -0.765. The Morgan fingerprint density at radius 1 is 1.28 bits per heavy atom. The molecule has 10 nitrogen and oxygen atoms in total. The maximum atomic E-state index is 13.0. The summed E-state index contributed by atoms with van der Waals surface area (Å²) in [5, 5.41) is 21.3. The normalized spacial score (nSPS) is 32.7. The Hall–Kier alpha value is -1.88. The number of halogens is 1. The molecule has 2 saturated heterocycles. The molecule has 32 heavy (non-hydrogen) atoms. The summed E-state index contributed by atoms with van der Waals surface area (Å²) in [6.45, 7) is -0.214. The minimum atomic E-state index is -3.95. The summed E-state index contributed by atoms with van der Waals surface area (Å²) in [6, 6.07) is 10.1. The highest BCUT2D eigenvalue weighted by atomic mass is 35.5. The first-order chi connectivity index (χ1) is 15.3. The zero-order valence-corrected chi connectivity index (χ0v) is 18.5. The van der Waals surface area contributed by atoms with Crippen LogP contribution in [-0.2, 0) is 22.9 Å². The highest BCUT2D eigenvalue weighted by Crippen LogP contribution is 2.57. The van der Waals surface area contributed by atoms with Crippen LogP contribution < -0.4 is 10.3 Å². The lowest BCUT2D eigenvalue weighted by Crippen LogP contribution is -2.46. The number of hydrogen-bond donors (Lipinski definition) is 3. The van der Waals surface area contributed by atoms with Crippen molar-refractivity contribution in [3.05, 3.63) is 64.9 Å². The lowest BCUT2D eigenvalue weighted by atomic mass is 10.1. The van der Waals surface area contributed by atoms with E-state index in [2.05, 4.69) is 0 Å². The van der Waals surface area contributed by atoms with Crippen LogP contribution in [0.4, 0.5) is 0 Å². The standard InChI is InChI=1S/C20H22ClN2O8P/c21-14-5-1-3-12(9-14)15-6-8-28-32(27,31-15)29-11-16-17(24)18(25)20(30-16)23-7-2-4-13(10-23)19(22)26/h1-5,7,9-10,15-18,20,24-25H,6,8,11H2,(H-,22,26)/p+1/t15-,16+,17-,18?,20+,32?/m0/s1. The highest BCUT2D eigenvalue weighted by molar-refractivity contribution is 7.48. The van der Waals surface area contributed by atoms with Crippen molar-refractivity contribution in [3.63, 3.8) is 0 Å². The first-order valence-corrected chi connectivity index (χ1v) is 11.7. The minimum absolute atomic E-state index is 0.142. The summed E-state index contributed by atoms with van der Waals surface area (Å²) in [4.78, 5) is 11.4. The molecule has 1 amide bonds. The molecule has 0 aliphatic carbocycles. The number of phosphoric acid groups is 1. The van der Waals surface area contributed by atoms with E-state index in [1.54, 1.807) is 36.5 Å². The van der Waals surface area contributed by atoms with E-state index >= 15 is 0 Å². The van der Waals surface area contributed by atoms with Gasteiger partial charge in [0.2, 0.25) is 0 Å². The van der Waals surface area contributed by atoms with Gasteiger partial charge in [0, 0.05) is 17.5 Å². The van der Waals surface area contributed by atoms with Gasteiger partial charge in [-0.3, -0.25) is 18.4 Å². The van der Waals surface area contributed by atoms with Gasteiger partial charge in [-0.2, -0.15) is 4.57 Å². The number of pyridine rings is 1. The first-order valence-electron chi connectivity index (χ1n) is 9.91. The average molecular weight is 486 g/mol. The van der Waals surface area contributed by atoms with Crippen LogP contribution in [0.5, 0.6) is 0 Å². The zero-order chi connectivity index (χ0) is 22.9. The van der Waals surface area contributed by atoms with Gasteiger partial charge in [0.25, 0.3) is 12.1 Å². The number of ether oxygens (including phenoxy) is 1. The van der Waals surface area contributed by atoms with Crippen molar-refractivity contribution >= 4 is 25.3 Å². The Kier molecular flexibility index (Phi) is 6.94. The number of benzene rings is 1. The molecule has 6 atom stereocenters. The number of aromatic nitrogens is 1. The molecule has 172 valence electrons. The third-order valence-electron chi connectivity index (χ3n) is 5.24. The van der Waals surface area contributed by atoms with Crippen molar-refractivity contribution < 1.29 is 42.4 Å².